The van der Waals surface area contributed by atoms with E-state index < -0.39 is 0 Å². The molecule has 1 aromatic carbocycles. The smallest absolute Gasteiger partial charge is 0.157 e. The van der Waals surface area contributed by atoms with Crippen LogP contribution >= 0.6 is 46.4 Å². The molecule has 0 radical (unpaired) electrons. The van der Waals surface area contributed by atoms with Gasteiger partial charge in [0.05, 0.1) is 28.5 Å². The Morgan fingerprint density at radius 3 is 2.50 bits per heavy atom. The zero-order valence-corrected chi connectivity index (χ0v) is 17.5. The molecule has 26 heavy (non-hydrogen) atoms. The quantitative estimate of drug-likeness (QED) is 0.193. The highest BCUT2D eigenvalue weighted by Crippen LogP contribution is 2.37. The Morgan fingerprint density at radius 2 is 1.92 bits per heavy atom. The summed E-state index contributed by atoms with van der Waals surface area (Å²) < 4.78 is 16.8. The highest BCUT2D eigenvalue weighted by molar-refractivity contribution is 6.55. The predicted octanol–water partition coefficient (Wildman–Crippen LogP) is 6.11. The molecule has 0 heterocycles. The first-order valence-corrected chi connectivity index (χ1v) is 9.39. The minimum Gasteiger partial charge on any atom is -0.489 e. The lowest BCUT2D eigenvalue weighted by Crippen LogP contribution is -2.14. The third kappa shape index (κ3) is 9.19. The van der Waals surface area contributed by atoms with Gasteiger partial charge in [0.25, 0.3) is 0 Å². The molecule has 1 atom stereocenters. The molecule has 1 rings (SSSR count). The van der Waals surface area contributed by atoms with Gasteiger partial charge >= 0.3 is 0 Å². The molecule has 1 N–H and O–H groups in total. The topological polar surface area (TPSA) is 60.3 Å². The van der Waals surface area contributed by atoms with Crippen molar-refractivity contribution in [3.8, 4) is 11.5 Å². The Hall–Kier alpha value is -0.850. The lowest BCUT2D eigenvalue weighted by atomic mass is 10.2. The van der Waals surface area contributed by atoms with E-state index in [1.807, 2.05) is 6.92 Å². The molecule has 1 aromatic rings. The molecule has 0 aliphatic heterocycles. The SMILES string of the molecule is CC(COCCCC(C)Oc1c(Cl)cc(OCC=C(Cl)Cl)cc1Cl)=NO. The first-order valence-electron chi connectivity index (χ1n) is 7.88. The number of ether oxygens (including phenoxy) is 3. The molecule has 0 aliphatic rings. The summed E-state index contributed by atoms with van der Waals surface area (Å²) in [6.07, 6.45) is 2.93. The van der Waals surface area contributed by atoms with Crippen molar-refractivity contribution in [1.82, 2.24) is 0 Å². The van der Waals surface area contributed by atoms with Crippen molar-refractivity contribution in [2.24, 2.45) is 5.16 Å². The number of halogens is 4. The number of hydrogen-bond donors (Lipinski definition) is 1. The minimum atomic E-state index is -0.106. The Labute approximate surface area is 173 Å². The largest absolute Gasteiger partial charge is 0.489 e. The van der Waals surface area contributed by atoms with Crippen LogP contribution in [0.4, 0.5) is 0 Å². The van der Waals surface area contributed by atoms with Gasteiger partial charge in [-0.25, -0.2) is 0 Å². The second-order valence-electron chi connectivity index (χ2n) is 5.48. The standard InChI is InChI=1S/C17H21Cl4NO4/c1-11(22-23)10-24-6-3-4-12(2)26-17-14(18)8-13(9-15(17)19)25-7-5-16(20)21/h5,8-9,12,23H,3-4,6-7,10H2,1-2H3. The summed E-state index contributed by atoms with van der Waals surface area (Å²) >= 11 is 23.5. The maximum Gasteiger partial charge on any atom is 0.157 e. The second-order valence-corrected chi connectivity index (χ2v) is 7.30. The summed E-state index contributed by atoms with van der Waals surface area (Å²) in [5.41, 5.74) is 0.527. The zero-order valence-electron chi connectivity index (χ0n) is 14.5. The molecule has 0 fully saturated rings. The van der Waals surface area contributed by atoms with Crippen LogP contribution in [-0.2, 0) is 4.74 Å². The van der Waals surface area contributed by atoms with Crippen LogP contribution in [0.15, 0.2) is 27.9 Å². The highest BCUT2D eigenvalue weighted by atomic mass is 35.5. The average molecular weight is 445 g/mol. The molecule has 1 unspecified atom stereocenters. The van der Waals surface area contributed by atoms with E-state index in [0.717, 1.165) is 12.8 Å². The lowest BCUT2D eigenvalue weighted by molar-refractivity contribution is 0.142. The van der Waals surface area contributed by atoms with E-state index in [1.165, 1.54) is 6.08 Å². The molecule has 0 saturated heterocycles. The summed E-state index contributed by atoms with van der Waals surface area (Å²) in [5, 5.41) is 12.3. The second kappa shape index (κ2) is 12.5. The molecule has 0 bridgehead atoms. The Bertz CT molecular complexity index is 610. The average Bonchev–Trinajstić information content (AvgIpc) is 2.57. The first-order chi connectivity index (χ1) is 12.3. The van der Waals surface area contributed by atoms with E-state index in [0.29, 0.717) is 40.5 Å². The van der Waals surface area contributed by atoms with Crippen LogP contribution < -0.4 is 9.47 Å². The molecule has 0 spiro atoms. The van der Waals surface area contributed by atoms with E-state index in [1.54, 1.807) is 19.1 Å². The summed E-state index contributed by atoms with van der Waals surface area (Å²) in [4.78, 5) is 0. The van der Waals surface area contributed by atoms with Gasteiger partial charge in [0.15, 0.2) is 5.75 Å². The lowest BCUT2D eigenvalue weighted by Gasteiger charge is -2.17. The van der Waals surface area contributed by atoms with Gasteiger partial charge in [-0.3, -0.25) is 0 Å². The van der Waals surface area contributed by atoms with Gasteiger partial charge in [0.1, 0.15) is 16.8 Å². The Balaban J connectivity index is 2.49. The molecule has 0 amide bonds. The molecule has 0 aromatic heterocycles. The number of rotatable bonds is 11. The third-order valence-corrected chi connectivity index (χ3v) is 4.03. The maximum absolute atomic E-state index is 8.53. The summed E-state index contributed by atoms with van der Waals surface area (Å²) in [6.45, 7) is 4.64. The fourth-order valence-corrected chi connectivity index (χ4v) is 2.60. The van der Waals surface area contributed by atoms with Crippen LogP contribution in [0.1, 0.15) is 26.7 Å². The van der Waals surface area contributed by atoms with Gasteiger partial charge in [-0.05, 0) is 32.8 Å². The summed E-state index contributed by atoms with van der Waals surface area (Å²) in [5.74, 6) is 0.892. The van der Waals surface area contributed by atoms with Crippen molar-refractivity contribution in [1.29, 1.82) is 0 Å². The molecule has 0 saturated carbocycles. The van der Waals surface area contributed by atoms with E-state index in [9.17, 15) is 0 Å². The van der Waals surface area contributed by atoms with Gasteiger partial charge in [0.2, 0.25) is 0 Å². The highest BCUT2D eigenvalue weighted by Gasteiger charge is 2.14. The van der Waals surface area contributed by atoms with E-state index in [-0.39, 0.29) is 17.2 Å². The number of benzene rings is 1. The maximum atomic E-state index is 8.53. The number of hydrogen-bond acceptors (Lipinski definition) is 5. The van der Waals surface area contributed by atoms with Crippen molar-refractivity contribution in [3.05, 3.63) is 32.7 Å². The van der Waals surface area contributed by atoms with Crippen LogP contribution in [0.5, 0.6) is 11.5 Å². The van der Waals surface area contributed by atoms with E-state index in [4.69, 9.17) is 65.8 Å². The van der Waals surface area contributed by atoms with Gasteiger partial charge in [-0.2, -0.15) is 0 Å². The molecular formula is C17H21Cl4NO4. The van der Waals surface area contributed by atoms with Crippen molar-refractivity contribution < 1.29 is 19.4 Å². The van der Waals surface area contributed by atoms with E-state index in [2.05, 4.69) is 5.16 Å². The van der Waals surface area contributed by atoms with Crippen LogP contribution in [0.25, 0.3) is 0 Å². The monoisotopic (exact) mass is 443 g/mol. The third-order valence-electron chi connectivity index (χ3n) is 3.16. The fourth-order valence-electron chi connectivity index (χ4n) is 1.92. The van der Waals surface area contributed by atoms with Gasteiger partial charge < -0.3 is 19.4 Å². The van der Waals surface area contributed by atoms with E-state index >= 15 is 0 Å². The fraction of sp³-hybridized carbons (Fsp3) is 0.471. The normalized spacial score (nSPS) is 12.6. The summed E-state index contributed by atoms with van der Waals surface area (Å²) in [6, 6.07) is 3.23. The molecule has 5 nitrogen and oxygen atoms in total. The molecule has 0 aliphatic carbocycles. The van der Waals surface area contributed by atoms with Gasteiger partial charge in [-0.1, -0.05) is 51.6 Å². The van der Waals surface area contributed by atoms with Crippen LogP contribution in [0.2, 0.25) is 10.0 Å². The Kier molecular flexibility index (Phi) is 11.2. The van der Waals surface area contributed by atoms with Gasteiger partial charge in [0, 0.05) is 18.7 Å². The van der Waals surface area contributed by atoms with Crippen molar-refractivity contribution >= 4 is 52.1 Å². The van der Waals surface area contributed by atoms with Gasteiger partial charge in [-0.15, -0.1) is 0 Å². The van der Waals surface area contributed by atoms with Crippen LogP contribution in [-0.4, -0.2) is 36.8 Å². The van der Waals surface area contributed by atoms with Crippen molar-refractivity contribution in [3.63, 3.8) is 0 Å². The van der Waals surface area contributed by atoms with Crippen LogP contribution in [0, 0.1) is 0 Å². The summed E-state index contributed by atoms with van der Waals surface area (Å²) in [7, 11) is 0. The number of nitrogens with zero attached hydrogens (tertiary/aromatic N) is 1. The van der Waals surface area contributed by atoms with Crippen molar-refractivity contribution in [2.75, 3.05) is 19.8 Å². The predicted molar refractivity (Wildman–Crippen MR) is 107 cm³/mol. The molecule has 9 heteroatoms. The molecule has 146 valence electrons. The van der Waals surface area contributed by atoms with Crippen molar-refractivity contribution in [2.45, 2.75) is 32.8 Å². The van der Waals surface area contributed by atoms with Crippen LogP contribution in [0.3, 0.4) is 0 Å². The Morgan fingerprint density at radius 1 is 1.27 bits per heavy atom. The minimum absolute atomic E-state index is 0.106. The molecular weight excluding hydrogens is 424 g/mol. The number of oxime groups is 1. The first kappa shape index (κ1) is 23.2. The zero-order chi connectivity index (χ0) is 19.5.